The summed E-state index contributed by atoms with van der Waals surface area (Å²) in [6.07, 6.45) is 2.61. The Morgan fingerprint density at radius 3 is 2.07 bits per heavy atom. The molecule has 4 nitrogen and oxygen atoms in total. The molecule has 1 saturated heterocycles. The molecular formula is C36H41FN2O2. The summed E-state index contributed by atoms with van der Waals surface area (Å²) in [6, 6.07) is 35.5. The van der Waals surface area contributed by atoms with E-state index in [0.29, 0.717) is 13.0 Å². The standard InChI is InChI=1S/C36H41FN2O2/c1-2-3-26-41-34-20-14-31(15-21-34)36(40,27-29-10-6-4-7-11-29)35(30-12-8-5-9-13-30)28-38-22-24-39(25-23-38)33-18-16-32(37)17-19-33/h4-21,35,40H,2-3,22-28H2,1H3. The number of unbranched alkanes of at least 4 members (excludes halogenated alkanes) is 1. The molecule has 214 valence electrons. The van der Waals surface area contributed by atoms with Crippen LogP contribution in [-0.4, -0.2) is 49.3 Å². The lowest BCUT2D eigenvalue weighted by Crippen LogP contribution is -2.50. The zero-order chi connectivity index (χ0) is 28.5. The van der Waals surface area contributed by atoms with Crippen molar-refractivity contribution in [3.05, 3.63) is 132 Å². The van der Waals surface area contributed by atoms with E-state index in [4.69, 9.17) is 4.74 Å². The van der Waals surface area contributed by atoms with Gasteiger partial charge in [-0.1, -0.05) is 86.1 Å². The minimum atomic E-state index is -1.14. The van der Waals surface area contributed by atoms with Crippen LogP contribution in [0.15, 0.2) is 109 Å². The third-order valence-corrected chi connectivity index (χ3v) is 8.22. The van der Waals surface area contributed by atoms with E-state index in [1.54, 1.807) is 0 Å². The Morgan fingerprint density at radius 2 is 1.44 bits per heavy atom. The van der Waals surface area contributed by atoms with Gasteiger partial charge in [0.1, 0.15) is 17.2 Å². The fraction of sp³-hybridized carbons (Fsp3) is 0.333. The second-order valence-electron chi connectivity index (χ2n) is 11.0. The van der Waals surface area contributed by atoms with Crippen molar-refractivity contribution >= 4 is 5.69 Å². The lowest BCUT2D eigenvalue weighted by Gasteiger charge is -2.43. The number of ether oxygens (including phenoxy) is 1. The maximum atomic E-state index is 13.5. The van der Waals surface area contributed by atoms with Crippen LogP contribution in [0.2, 0.25) is 0 Å². The van der Waals surface area contributed by atoms with Crippen LogP contribution in [0.1, 0.15) is 42.4 Å². The van der Waals surface area contributed by atoms with Gasteiger partial charge in [0, 0.05) is 50.7 Å². The van der Waals surface area contributed by atoms with Crippen molar-refractivity contribution < 1.29 is 14.2 Å². The first-order valence-corrected chi connectivity index (χ1v) is 14.8. The van der Waals surface area contributed by atoms with Crippen LogP contribution in [0.5, 0.6) is 5.75 Å². The number of hydrogen-bond donors (Lipinski definition) is 1. The van der Waals surface area contributed by atoms with Gasteiger partial charge < -0.3 is 14.7 Å². The monoisotopic (exact) mass is 552 g/mol. The average molecular weight is 553 g/mol. The summed E-state index contributed by atoms with van der Waals surface area (Å²) >= 11 is 0. The first-order valence-electron chi connectivity index (χ1n) is 14.8. The van der Waals surface area contributed by atoms with E-state index in [1.165, 1.54) is 12.1 Å². The van der Waals surface area contributed by atoms with Crippen LogP contribution in [-0.2, 0) is 12.0 Å². The first-order chi connectivity index (χ1) is 20.0. The highest BCUT2D eigenvalue weighted by Gasteiger charge is 2.41. The zero-order valence-electron chi connectivity index (χ0n) is 24.0. The second-order valence-corrected chi connectivity index (χ2v) is 11.0. The van der Waals surface area contributed by atoms with Gasteiger partial charge in [-0.3, -0.25) is 4.90 Å². The number of anilines is 1. The number of piperazine rings is 1. The van der Waals surface area contributed by atoms with Gasteiger partial charge in [0.05, 0.1) is 6.61 Å². The Labute approximate surface area is 244 Å². The van der Waals surface area contributed by atoms with Gasteiger partial charge in [0.2, 0.25) is 0 Å². The van der Waals surface area contributed by atoms with Crippen LogP contribution in [0.3, 0.4) is 0 Å². The molecule has 41 heavy (non-hydrogen) atoms. The lowest BCUT2D eigenvalue weighted by atomic mass is 9.73. The van der Waals surface area contributed by atoms with Crippen molar-refractivity contribution in [2.45, 2.75) is 37.7 Å². The normalized spacial score (nSPS) is 16.2. The first kappa shape index (κ1) is 28.8. The maximum absolute atomic E-state index is 13.5. The van der Waals surface area contributed by atoms with Crippen LogP contribution < -0.4 is 9.64 Å². The van der Waals surface area contributed by atoms with Gasteiger partial charge in [-0.05, 0) is 59.5 Å². The fourth-order valence-corrected chi connectivity index (χ4v) is 5.82. The Balaban J connectivity index is 1.42. The molecule has 1 N–H and O–H groups in total. The summed E-state index contributed by atoms with van der Waals surface area (Å²) in [5, 5.41) is 12.8. The van der Waals surface area contributed by atoms with E-state index in [-0.39, 0.29) is 11.7 Å². The minimum absolute atomic E-state index is 0.159. The molecule has 0 radical (unpaired) electrons. The number of hydrogen-bond acceptors (Lipinski definition) is 4. The van der Waals surface area contributed by atoms with Gasteiger partial charge in [-0.25, -0.2) is 4.39 Å². The number of halogens is 1. The smallest absolute Gasteiger partial charge is 0.123 e. The average Bonchev–Trinajstić information content (AvgIpc) is 3.02. The minimum Gasteiger partial charge on any atom is -0.494 e. The van der Waals surface area contributed by atoms with Gasteiger partial charge in [-0.15, -0.1) is 0 Å². The molecule has 0 amide bonds. The van der Waals surface area contributed by atoms with Crippen LogP contribution >= 0.6 is 0 Å². The van der Waals surface area contributed by atoms with Crippen molar-refractivity contribution in [1.29, 1.82) is 0 Å². The molecule has 1 aliphatic heterocycles. The van der Waals surface area contributed by atoms with Gasteiger partial charge in [0.25, 0.3) is 0 Å². The van der Waals surface area contributed by atoms with Crippen molar-refractivity contribution in [3.63, 3.8) is 0 Å². The molecule has 0 spiro atoms. The Kier molecular flexibility index (Phi) is 9.71. The lowest BCUT2D eigenvalue weighted by molar-refractivity contribution is -0.00554. The highest BCUT2D eigenvalue weighted by molar-refractivity contribution is 5.46. The molecule has 4 aromatic carbocycles. The molecule has 0 saturated carbocycles. The number of benzene rings is 4. The van der Waals surface area contributed by atoms with E-state index in [1.807, 2.05) is 60.7 Å². The molecule has 2 unspecified atom stereocenters. The number of aliphatic hydroxyl groups is 1. The highest BCUT2D eigenvalue weighted by Crippen LogP contribution is 2.41. The largest absolute Gasteiger partial charge is 0.494 e. The molecular weight excluding hydrogens is 511 g/mol. The van der Waals surface area contributed by atoms with E-state index in [0.717, 1.165) is 73.7 Å². The second kappa shape index (κ2) is 13.8. The summed E-state index contributed by atoms with van der Waals surface area (Å²) in [4.78, 5) is 4.76. The van der Waals surface area contributed by atoms with E-state index in [9.17, 15) is 9.50 Å². The Morgan fingerprint density at radius 1 is 0.805 bits per heavy atom. The summed E-state index contributed by atoms with van der Waals surface area (Å²) < 4.78 is 19.4. The van der Waals surface area contributed by atoms with Gasteiger partial charge in [-0.2, -0.15) is 0 Å². The zero-order valence-corrected chi connectivity index (χ0v) is 24.0. The topological polar surface area (TPSA) is 35.9 Å². The molecule has 2 atom stereocenters. The third kappa shape index (κ3) is 7.35. The van der Waals surface area contributed by atoms with E-state index >= 15 is 0 Å². The van der Waals surface area contributed by atoms with Gasteiger partial charge >= 0.3 is 0 Å². The summed E-state index contributed by atoms with van der Waals surface area (Å²) in [5.41, 5.74) is 3.02. The van der Waals surface area contributed by atoms with Crippen molar-refractivity contribution in [2.24, 2.45) is 0 Å². The van der Waals surface area contributed by atoms with E-state index < -0.39 is 5.60 Å². The number of rotatable bonds is 12. The Hall–Kier alpha value is -3.67. The number of nitrogens with zero attached hydrogens (tertiary/aromatic N) is 2. The van der Waals surface area contributed by atoms with Crippen molar-refractivity contribution in [1.82, 2.24) is 4.90 Å². The Bertz CT molecular complexity index is 1320. The highest BCUT2D eigenvalue weighted by atomic mass is 19.1. The van der Waals surface area contributed by atoms with Crippen LogP contribution in [0.4, 0.5) is 10.1 Å². The predicted molar refractivity (Wildman–Crippen MR) is 165 cm³/mol. The molecule has 1 heterocycles. The van der Waals surface area contributed by atoms with E-state index in [2.05, 4.69) is 53.1 Å². The summed E-state index contributed by atoms with van der Waals surface area (Å²) in [7, 11) is 0. The van der Waals surface area contributed by atoms with Crippen LogP contribution in [0.25, 0.3) is 0 Å². The molecule has 0 aliphatic carbocycles. The molecule has 1 fully saturated rings. The molecule has 4 aromatic rings. The molecule has 5 heteroatoms. The summed E-state index contributed by atoms with van der Waals surface area (Å²) in [5.74, 6) is 0.460. The summed E-state index contributed by atoms with van der Waals surface area (Å²) in [6.45, 7) is 7.02. The quantitative estimate of drug-likeness (QED) is 0.191. The van der Waals surface area contributed by atoms with Crippen LogP contribution in [0, 0.1) is 5.82 Å². The molecule has 0 aromatic heterocycles. The predicted octanol–water partition coefficient (Wildman–Crippen LogP) is 7.04. The SMILES string of the molecule is CCCCOc1ccc(C(O)(Cc2ccccc2)C(CN2CCN(c3ccc(F)cc3)CC2)c2ccccc2)cc1. The fourth-order valence-electron chi connectivity index (χ4n) is 5.82. The molecule has 1 aliphatic rings. The van der Waals surface area contributed by atoms with Gasteiger partial charge in [0.15, 0.2) is 0 Å². The maximum Gasteiger partial charge on any atom is 0.123 e. The van der Waals surface area contributed by atoms with Crippen molar-refractivity contribution in [3.8, 4) is 5.75 Å². The van der Waals surface area contributed by atoms with Crippen molar-refractivity contribution in [2.75, 3.05) is 44.2 Å². The molecule has 0 bridgehead atoms. The molecule has 5 rings (SSSR count). The third-order valence-electron chi connectivity index (χ3n) is 8.22.